The van der Waals surface area contributed by atoms with Crippen molar-refractivity contribution in [3.63, 3.8) is 0 Å². The van der Waals surface area contributed by atoms with Crippen molar-refractivity contribution in [1.29, 1.82) is 0 Å². The van der Waals surface area contributed by atoms with Crippen molar-refractivity contribution >= 4 is 39.2 Å². The number of carbonyl (C=O) groups excluding carboxylic acids is 2. The van der Waals surface area contributed by atoms with Gasteiger partial charge in [-0.1, -0.05) is 27.5 Å². The van der Waals surface area contributed by atoms with Crippen molar-refractivity contribution in [1.82, 2.24) is 4.90 Å². The van der Waals surface area contributed by atoms with Crippen molar-refractivity contribution in [3.05, 3.63) is 33.3 Å². The van der Waals surface area contributed by atoms with Crippen LogP contribution < -0.4 is 0 Å². The van der Waals surface area contributed by atoms with Crippen LogP contribution >= 0.6 is 27.5 Å². The molecule has 1 aliphatic rings. The second-order valence-corrected chi connectivity index (χ2v) is 6.50. The van der Waals surface area contributed by atoms with E-state index in [1.807, 2.05) is 6.07 Å². The zero-order valence-electron chi connectivity index (χ0n) is 11.4. The maximum atomic E-state index is 12.6. The third-order valence-electron chi connectivity index (χ3n) is 3.57. The third kappa shape index (κ3) is 3.61. The summed E-state index contributed by atoms with van der Waals surface area (Å²) in [5.41, 5.74) is 0.505. The van der Waals surface area contributed by atoms with Gasteiger partial charge in [0.1, 0.15) is 5.78 Å². The number of Topliss-reactive ketones (excluding diaryl/α,β-unsaturated/α-hetero) is 1. The largest absolute Gasteiger partial charge is 0.335 e. The summed E-state index contributed by atoms with van der Waals surface area (Å²) in [5, 5.41) is 0.441. The fraction of sp³-hybridized carbons (Fsp3) is 0.467. The van der Waals surface area contributed by atoms with E-state index in [0.717, 1.165) is 23.7 Å². The van der Waals surface area contributed by atoms with Gasteiger partial charge in [0.25, 0.3) is 5.91 Å². The van der Waals surface area contributed by atoms with Gasteiger partial charge in [0.05, 0.1) is 10.6 Å². The number of rotatable bonds is 3. The van der Waals surface area contributed by atoms with Crippen LogP contribution in [-0.4, -0.2) is 29.2 Å². The van der Waals surface area contributed by atoms with Crippen LogP contribution in [0.5, 0.6) is 0 Å². The average molecular weight is 359 g/mol. The molecule has 0 spiro atoms. The number of hydrogen-bond donors (Lipinski definition) is 0. The number of amides is 1. The summed E-state index contributed by atoms with van der Waals surface area (Å²) in [6.07, 6.45) is 3.36. The minimum atomic E-state index is -0.0755. The standard InChI is InChI=1S/C15H17BrClNO2/c1-10(19)8-12-4-2-3-7-18(12)15(20)13-6-5-11(16)9-14(13)17/h5-6,9,12H,2-4,7-8H2,1H3. The van der Waals surface area contributed by atoms with Crippen LogP contribution in [0.25, 0.3) is 0 Å². The predicted molar refractivity (Wildman–Crippen MR) is 83.1 cm³/mol. The zero-order chi connectivity index (χ0) is 14.7. The molecular weight excluding hydrogens is 342 g/mol. The molecule has 108 valence electrons. The Kier molecular flexibility index (Phi) is 5.22. The minimum Gasteiger partial charge on any atom is -0.335 e. The SMILES string of the molecule is CC(=O)CC1CCCCN1C(=O)c1ccc(Br)cc1Cl. The molecule has 1 aromatic carbocycles. The van der Waals surface area contributed by atoms with Gasteiger partial charge in [-0.2, -0.15) is 0 Å². The van der Waals surface area contributed by atoms with E-state index < -0.39 is 0 Å². The van der Waals surface area contributed by atoms with E-state index in [0.29, 0.717) is 23.6 Å². The van der Waals surface area contributed by atoms with Crippen molar-refractivity contribution in [2.24, 2.45) is 0 Å². The van der Waals surface area contributed by atoms with Crippen LogP contribution in [0.15, 0.2) is 22.7 Å². The molecule has 0 aromatic heterocycles. The molecule has 2 rings (SSSR count). The molecule has 1 aliphatic heterocycles. The first kappa shape index (κ1) is 15.5. The Bertz CT molecular complexity index is 533. The van der Waals surface area contributed by atoms with Crippen LogP contribution in [0.3, 0.4) is 0 Å². The average Bonchev–Trinajstić information content (AvgIpc) is 2.38. The molecule has 3 nitrogen and oxygen atoms in total. The Hall–Kier alpha value is -0.870. The van der Waals surface area contributed by atoms with E-state index in [-0.39, 0.29) is 17.7 Å². The number of benzene rings is 1. The highest BCUT2D eigenvalue weighted by atomic mass is 79.9. The molecule has 0 N–H and O–H groups in total. The van der Waals surface area contributed by atoms with E-state index in [4.69, 9.17) is 11.6 Å². The molecule has 0 saturated carbocycles. The molecule has 5 heteroatoms. The lowest BCUT2D eigenvalue weighted by Gasteiger charge is -2.35. The summed E-state index contributed by atoms with van der Waals surface area (Å²) in [6, 6.07) is 5.27. The Morgan fingerprint density at radius 3 is 2.80 bits per heavy atom. The predicted octanol–water partition coefficient (Wildman–Crippen LogP) is 4.08. The number of halogens is 2. The summed E-state index contributed by atoms with van der Waals surface area (Å²) < 4.78 is 0.845. The number of ketones is 1. The Labute approximate surface area is 132 Å². The summed E-state index contributed by atoms with van der Waals surface area (Å²) in [4.78, 5) is 25.8. The maximum Gasteiger partial charge on any atom is 0.255 e. The molecule has 1 fully saturated rings. The van der Waals surface area contributed by atoms with Crippen LogP contribution in [-0.2, 0) is 4.79 Å². The number of carbonyl (C=O) groups is 2. The van der Waals surface area contributed by atoms with Gasteiger partial charge in [0, 0.05) is 23.5 Å². The molecule has 1 amide bonds. The topological polar surface area (TPSA) is 37.4 Å². The van der Waals surface area contributed by atoms with Crippen LogP contribution in [0, 0.1) is 0 Å². The molecule has 1 heterocycles. The lowest BCUT2D eigenvalue weighted by Crippen LogP contribution is -2.44. The first-order valence-corrected chi connectivity index (χ1v) is 7.91. The number of likely N-dealkylation sites (tertiary alicyclic amines) is 1. The van der Waals surface area contributed by atoms with Crippen LogP contribution in [0.2, 0.25) is 5.02 Å². The lowest BCUT2D eigenvalue weighted by atomic mass is 9.97. The second kappa shape index (κ2) is 6.72. The molecule has 0 bridgehead atoms. The third-order valence-corrected chi connectivity index (χ3v) is 4.38. The highest BCUT2D eigenvalue weighted by Crippen LogP contribution is 2.27. The van der Waals surface area contributed by atoms with E-state index in [9.17, 15) is 9.59 Å². The number of hydrogen-bond acceptors (Lipinski definition) is 2. The Balaban J connectivity index is 2.22. The smallest absolute Gasteiger partial charge is 0.255 e. The van der Waals surface area contributed by atoms with Gasteiger partial charge in [-0.05, 0) is 44.4 Å². The van der Waals surface area contributed by atoms with Crippen molar-refractivity contribution in [2.45, 2.75) is 38.6 Å². The maximum absolute atomic E-state index is 12.6. The minimum absolute atomic E-state index is 0.00784. The molecule has 1 atom stereocenters. The highest BCUT2D eigenvalue weighted by Gasteiger charge is 2.29. The number of nitrogens with zero attached hydrogens (tertiary/aromatic N) is 1. The summed E-state index contributed by atoms with van der Waals surface area (Å²) in [5.74, 6) is 0.0463. The lowest BCUT2D eigenvalue weighted by molar-refractivity contribution is -0.118. The summed E-state index contributed by atoms with van der Waals surface area (Å²) in [6.45, 7) is 2.27. The second-order valence-electron chi connectivity index (χ2n) is 5.18. The summed E-state index contributed by atoms with van der Waals surface area (Å²) in [7, 11) is 0. The highest BCUT2D eigenvalue weighted by molar-refractivity contribution is 9.10. The van der Waals surface area contributed by atoms with Crippen LogP contribution in [0.1, 0.15) is 43.0 Å². The fourth-order valence-electron chi connectivity index (χ4n) is 2.63. The molecular formula is C15H17BrClNO2. The van der Waals surface area contributed by atoms with Crippen molar-refractivity contribution in [3.8, 4) is 0 Å². The summed E-state index contributed by atoms with van der Waals surface area (Å²) >= 11 is 9.48. The van der Waals surface area contributed by atoms with Crippen molar-refractivity contribution < 1.29 is 9.59 Å². The van der Waals surface area contributed by atoms with Gasteiger partial charge in [0.15, 0.2) is 0 Å². The normalized spacial score (nSPS) is 18.9. The Morgan fingerprint density at radius 1 is 1.40 bits per heavy atom. The van der Waals surface area contributed by atoms with E-state index in [1.54, 1.807) is 24.0 Å². The van der Waals surface area contributed by atoms with E-state index in [1.165, 1.54) is 0 Å². The van der Waals surface area contributed by atoms with E-state index >= 15 is 0 Å². The number of piperidine rings is 1. The van der Waals surface area contributed by atoms with E-state index in [2.05, 4.69) is 15.9 Å². The van der Waals surface area contributed by atoms with Crippen LogP contribution in [0.4, 0.5) is 0 Å². The molecule has 0 radical (unpaired) electrons. The van der Waals surface area contributed by atoms with Gasteiger partial charge in [-0.15, -0.1) is 0 Å². The zero-order valence-corrected chi connectivity index (χ0v) is 13.7. The first-order chi connectivity index (χ1) is 9.49. The monoisotopic (exact) mass is 357 g/mol. The van der Waals surface area contributed by atoms with Gasteiger partial charge < -0.3 is 4.90 Å². The molecule has 1 aromatic rings. The quantitative estimate of drug-likeness (QED) is 0.816. The van der Waals surface area contributed by atoms with Crippen molar-refractivity contribution in [2.75, 3.05) is 6.54 Å². The Morgan fingerprint density at radius 2 is 2.15 bits per heavy atom. The van der Waals surface area contributed by atoms with Gasteiger partial charge in [0.2, 0.25) is 0 Å². The molecule has 0 aliphatic carbocycles. The van der Waals surface area contributed by atoms with Gasteiger partial charge >= 0.3 is 0 Å². The fourth-order valence-corrected chi connectivity index (χ4v) is 3.38. The molecule has 1 saturated heterocycles. The van der Waals surface area contributed by atoms with Gasteiger partial charge in [-0.25, -0.2) is 0 Å². The molecule has 1 unspecified atom stereocenters. The first-order valence-electron chi connectivity index (χ1n) is 6.74. The van der Waals surface area contributed by atoms with Gasteiger partial charge in [-0.3, -0.25) is 9.59 Å². The molecule has 20 heavy (non-hydrogen) atoms.